The largest absolute Gasteiger partial charge is 0.472 e. The molecule has 0 fully saturated rings. The van der Waals surface area contributed by atoms with Gasteiger partial charge in [0.05, 0.1) is 6.61 Å². The molecule has 0 amide bonds. The molecule has 0 heterocycles. The third-order valence-corrected chi connectivity index (χ3v) is 9.60. The topological polar surface area (TPSA) is 108 Å². The Morgan fingerprint density at radius 1 is 0.551 bits per heavy atom. The van der Waals surface area contributed by atoms with Crippen molar-refractivity contribution in [3.63, 3.8) is 0 Å². The summed E-state index contributed by atoms with van der Waals surface area (Å²) in [6.45, 7) is 3.86. The number of unbranched alkanes of at least 4 members (excludes halogenated alkanes) is 22. The van der Waals surface area contributed by atoms with Gasteiger partial charge in [-0.05, 0) is 64.2 Å². The van der Waals surface area contributed by atoms with E-state index in [0.29, 0.717) is 6.42 Å². The highest BCUT2D eigenvalue weighted by atomic mass is 31.2. The molecule has 0 aliphatic rings. The molecule has 8 nitrogen and oxygen atoms in total. The van der Waals surface area contributed by atoms with Gasteiger partial charge in [0.1, 0.15) is 6.61 Å². The van der Waals surface area contributed by atoms with E-state index in [2.05, 4.69) is 42.7 Å². The number of hydrogen-bond acceptors (Lipinski definition) is 7. The van der Waals surface area contributed by atoms with E-state index in [9.17, 15) is 19.0 Å². The number of phosphoric acid groups is 1. The van der Waals surface area contributed by atoms with Gasteiger partial charge in [-0.1, -0.05) is 141 Å². The van der Waals surface area contributed by atoms with Crippen LogP contribution in [0.25, 0.3) is 0 Å². The Morgan fingerprint density at radius 2 is 0.918 bits per heavy atom. The lowest BCUT2D eigenvalue weighted by molar-refractivity contribution is -0.161. The van der Waals surface area contributed by atoms with Gasteiger partial charge in [0.25, 0.3) is 0 Å². The van der Waals surface area contributed by atoms with Gasteiger partial charge in [-0.25, -0.2) is 4.57 Å². The van der Waals surface area contributed by atoms with Crippen LogP contribution in [0, 0.1) is 0 Å². The van der Waals surface area contributed by atoms with Gasteiger partial charge in [-0.2, -0.15) is 0 Å². The van der Waals surface area contributed by atoms with Crippen LogP contribution < -0.4 is 0 Å². The molecule has 288 valence electrons. The predicted molar refractivity (Wildman–Crippen MR) is 203 cm³/mol. The summed E-state index contributed by atoms with van der Waals surface area (Å²) < 4.78 is 31.9. The van der Waals surface area contributed by atoms with Crippen LogP contribution in [0.3, 0.4) is 0 Å². The minimum Gasteiger partial charge on any atom is -0.462 e. The summed E-state index contributed by atoms with van der Waals surface area (Å²) in [5, 5.41) is 0. The monoisotopic (exact) mass is 715 g/mol. The molecule has 0 aliphatic carbocycles. The number of esters is 2. The van der Waals surface area contributed by atoms with E-state index in [1.807, 2.05) is 0 Å². The van der Waals surface area contributed by atoms with Crippen LogP contribution in [0.4, 0.5) is 0 Å². The van der Waals surface area contributed by atoms with Crippen molar-refractivity contribution in [2.24, 2.45) is 0 Å². The molecule has 0 aromatic carbocycles. The highest BCUT2D eigenvalue weighted by Gasteiger charge is 2.24. The van der Waals surface area contributed by atoms with Crippen molar-refractivity contribution < 1.29 is 37.6 Å². The summed E-state index contributed by atoms with van der Waals surface area (Å²) in [5.74, 6) is -0.816. The molecule has 2 atom stereocenters. The molecule has 0 aromatic rings. The van der Waals surface area contributed by atoms with E-state index in [-0.39, 0.29) is 25.4 Å². The first-order valence-electron chi connectivity index (χ1n) is 20.0. The zero-order valence-corrected chi connectivity index (χ0v) is 32.7. The predicted octanol–water partition coefficient (Wildman–Crippen LogP) is 12.3. The average Bonchev–Trinajstić information content (AvgIpc) is 3.09. The lowest BCUT2D eigenvalue weighted by Gasteiger charge is -2.19. The highest BCUT2D eigenvalue weighted by Crippen LogP contribution is 2.42. The molecule has 9 heteroatoms. The molecule has 0 aliphatic heterocycles. The number of ether oxygens (including phenoxy) is 2. The maximum Gasteiger partial charge on any atom is 0.472 e. The summed E-state index contributed by atoms with van der Waals surface area (Å²) in [6, 6.07) is 0. The van der Waals surface area contributed by atoms with Gasteiger partial charge >= 0.3 is 19.8 Å². The van der Waals surface area contributed by atoms with E-state index in [1.54, 1.807) is 0 Å². The zero-order valence-electron chi connectivity index (χ0n) is 31.9. The Bertz CT molecular complexity index is 859. The van der Waals surface area contributed by atoms with Gasteiger partial charge in [-0.15, -0.1) is 0 Å². The third kappa shape index (κ3) is 36.1. The van der Waals surface area contributed by atoms with Crippen LogP contribution in [0.15, 0.2) is 24.3 Å². The van der Waals surface area contributed by atoms with Crippen molar-refractivity contribution in [1.82, 2.24) is 0 Å². The standard InChI is InChI=1S/C40H75O8P/c1-4-6-8-10-12-14-16-18-19-20-21-23-25-27-29-31-33-35-40(42)48-38(37-47-49(43,44)45-3)36-46-39(41)34-32-30-28-26-24-22-17-15-13-11-9-7-5-2/h15,17-19,38H,4-14,16,20-37H2,1-3H3,(H,43,44)/b17-15-,19-18-. The van der Waals surface area contributed by atoms with Crippen LogP contribution in [-0.2, 0) is 32.7 Å². The van der Waals surface area contributed by atoms with E-state index < -0.39 is 26.5 Å². The van der Waals surface area contributed by atoms with Crippen LogP contribution in [0.1, 0.15) is 194 Å². The van der Waals surface area contributed by atoms with Crippen molar-refractivity contribution >= 4 is 19.8 Å². The van der Waals surface area contributed by atoms with Crippen molar-refractivity contribution in [3.8, 4) is 0 Å². The normalized spacial score (nSPS) is 13.6. The summed E-state index contributed by atoms with van der Waals surface area (Å²) >= 11 is 0. The Kier molecular flexibility index (Phi) is 35.2. The SMILES string of the molecule is CCCCCC/C=C\CCCCCCCC(=O)OCC(COP(=O)(O)OC)OC(=O)CCCCCCCCC/C=C\CCCCCCCC. The number of carbonyl (C=O) groups is 2. The number of allylic oxidation sites excluding steroid dienone is 4. The van der Waals surface area contributed by atoms with Crippen LogP contribution in [0.2, 0.25) is 0 Å². The Balaban J connectivity index is 4.03. The molecule has 0 spiro atoms. The maximum atomic E-state index is 12.5. The molecule has 0 saturated carbocycles. The molecule has 2 unspecified atom stereocenters. The first-order valence-corrected chi connectivity index (χ1v) is 21.5. The van der Waals surface area contributed by atoms with Gasteiger partial charge < -0.3 is 14.4 Å². The fraction of sp³-hybridized carbons (Fsp3) is 0.850. The molecule has 0 saturated heterocycles. The molecule has 0 bridgehead atoms. The number of hydrogen-bond donors (Lipinski definition) is 1. The van der Waals surface area contributed by atoms with Crippen LogP contribution in [-0.4, -0.2) is 43.3 Å². The second-order valence-corrected chi connectivity index (χ2v) is 15.0. The Morgan fingerprint density at radius 3 is 1.35 bits per heavy atom. The minimum absolute atomic E-state index is 0.229. The molecule has 1 N–H and O–H groups in total. The summed E-state index contributed by atoms with van der Waals surface area (Å²) in [7, 11) is -3.20. The molecule has 49 heavy (non-hydrogen) atoms. The fourth-order valence-corrected chi connectivity index (χ4v) is 5.99. The van der Waals surface area contributed by atoms with Crippen LogP contribution >= 0.6 is 7.82 Å². The number of phosphoric ester groups is 1. The second-order valence-electron chi connectivity index (χ2n) is 13.4. The summed E-state index contributed by atoms with van der Waals surface area (Å²) in [4.78, 5) is 34.4. The number of rotatable bonds is 37. The highest BCUT2D eigenvalue weighted by molar-refractivity contribution is 7.47. The van der Waals surface area contributed by atoms with Crippen molar-refractivity contribution in [1.29, 1.82) is 0 Å². The lowest BCUT2D eigenvalue weighted by atomic mass is 10.1. The van der Waals surface area contributed by atoms with E-state index in [0.717, 1.165) is 71.3 Å². The molecular weight excluding hydrogens is 639 g/mol. The van der Waals surface area contributed by atoms with Gasteiger partial charge in [0.15, 0.2) is 6.10 Å². The van der Waals surface area contributed by atoms with Gasteiger partial charge in [-0.3, -0.25) is 18.6 Å². The fourth-order valence-electron chi connectivity index (χ4n) is 5.53. The lowest BCUT2D eigenvalue weighted by Crippen LogP contribution is -2.29. The molecular formula is C40H75O8P. The Labute approximate surface area is 301 Å². The van der Waals surface area contributed by atoms with Gasteiger partial charge in [0.2, 0.25) is 0 Å². The molecule has 0 rings (SSSR count). The first-order chi connectivity index (χ1) is 23.8. The van der Waals surface area contributed by atoms with E-state index in [4.69, 9.17) is 14.0 Å². The smallest absolute Gasteiger partial charge is 0.462 e. The quantitative estimate of drug-likeness (QED) is 0.0293. The zero-order chi connectivity index (χ0) is 36.1. The van der Waals surface area contributed by atoms with Crippen LogP contribution in [0.5, 0.6) is 0 Å². The van der Waals surface area contributed by atoms with E-state index in [1.165, 1.54) is 96.3 Å². The Hall–Kier alpha value is -1.47. The first kappa shape index (κ1) is 47.5. The second kappa shape index (κ2) is 36.3. The minimum atomic E-state index is -4.26. The van der Waals surface area contributed by atoms with Gasteiger partial charge in [0, 0.05) is 20.0 Å². The maximum absolute atomic E-state index is 12.5. The molecule has 0 aromatic heterocycles. The van der Waals surface area contributed by atoms with E-state index >= 15 is 0 Å². The van der Waals surface area contributed by atoms with Crippen molar-refractivity contribution in [3.05, 3.63) is 24.3 Å². The number of carbonyl (C=O) groups excluding carboxylic acids is 2. The van der Waals surface area contributed by atoms with Crippen molar-refractivity contribution in [2.45, 2.75) is 200 Å². The summed E-state index contributed by atoms with van der Waals surface area (Å²) in [5.41, 5.74) is 0. The third-order valence-electron chi connectivity index (χ3n) is 8.67. The molecule has 0 radical (unpaired) electrons. The average molecular weight is 715 g/mol. The summed E-state index contributed by atoms with van der Waals surface area (Å²) in [6.07, 6.45) is 39.4. The van der Waals surface area contributed by atoms with Crippen molar-refractivity contribution in [2.75, 3.05) is 20.3 Å².